The van der Waals surface area contributed by atoms with Crippen LogP contribution in [0.5, 0.6) is 0 Å². The Hall–Kier alpha value is 0.140. The van der Waals surface area contributed by atoms with Gasteiger partial charge in [-0.3, -0.25) is 0 Å². The number of rotatable bonds is 4. The molecule has 18 heavy (non-hydrogen) atoms. The van der Waals surface area contributed by atoms with Gasteiger partial charge in [0, 0.05) is 4.83 Å². The summed E-state index contributed by atoms with van der Waals surface area (Å²) in [4.78, 5) is 0.540. The van der Waals surface area contributed by atoms with E-state index in [-0.39, 0.29) is 11.0 Å². The third-order valence-corrected chi connectivity index (χ3v) is 6.69. The molecule has 2 fully saturated rings. The first-order valence-corrected chi connectivity index (χ1v) is 7.79. The fourth-order valence-electron chi connectivity index (χ4n) is 3.43. The van der Waals surface area contributed by atoms with Crippen molar-refractivity contribution in [2.45, 2.75) is 62.5 Å². The maximum Gasteiger partial charge on any atom is 0.0950 e. The van der Waals surface area contributed by atoms with Crippen molar-refractivity contribution in [2.24, 2.45) is 11.3 Å². The van der Waals surface area contributed by atoms with E-state index in [1.54, 1.807) is 6.08 Å². The van der Waals surface area contributed by atoms with E-state index >= 15 is 0 Å². The average molecular weight is 317 g/mol. The second-order valence-electron chi connectivity index (χ2n) is 6.83. The molecule has 2 aliphatic rings. The number of hydrogen-bond acceptors (Lipinski definition) is 2. The summed E-state index contributed by atoms with van der Waals surface area (Å²) in [5, 5.41) is 10.1. The normalized spacial score (nSPS) is 41.4. The summed E-state index contributed by atoms with van der Waals surface area (Å²) in [6.45, 7) is 11.1. The van der Waals surface area contributed by atoms with E-state index in [0.29, 0.717) is 10.7 Å². The first-order valence-electron chi connectivity index (χ1n) is 6.87. The summed E-state index contributed by atoms with van der Waals surface area (Å²) in [7, 11) is 0. The molecule has 1 aliphatic heterocycles. The Morgan fingerprint density at radius 3 is 2.67 bits per heavy atom. The molecule has 0 aromatic carbocycles. The second kappa shape index (κ2) is 4.60. The topological polar surface area (TPSA) is 32.8 Å². The fourth-order valence-corrected chi connectivity index (χ4v) is 3.97. The van der Waals surface area contributed by atoms with Crippen LogP contribution in [0.15, 0.2) is 12.7 Å². The minimum Gasteiger partial charge on any atom is -0.386 e. The van der Waals surface area contributed by atoms with Gasteiger partial charge in [-0.2, -0.15) is 0 Å². The number of hydrogen-bond donors (Lipinski definition) is 1. The number of halogens is 1. The number of aliphatic hydroxyl groups is 1. The maximum absolute atomic E-state index is 10.1. The first kappa shape index (κ1) is 14.5. The highest BCUT2D eigenvalue weighted by Gasteiger charge is 2.60. The van der Waals surface area contributed by atoms with Crippen molar-refractivity contribution in [1.82, 2.24) is 0 Å². The van der Waals surface area contributed by atoms with Crippen molar-refractivity contribution in [3.8, 4) is 0 Å². The van der Waals surface area contributed by atoms with Gasteiger partial charge in [0.1, 0.15) is 0 Å². The maximum atomic E-state index is 10.1. The van der Waals surface area contributed by atoms with Crippen LogP contribution in [-0.4, -0.2) is 27.7 Å². The highest BCUT2D eigenvalue weighted by atomic mass is 79.9. The van der Waals surface area contributed by atoms with Crippen LogP contribution in [0.25, 0.3) is 0 Å². The van der Waals surface area contributed by atoms with Crippen LogP contribution in [-0.2, 0) is 4.74 Å². The zero-order valence-corrected chi connectivity index (χ0v) is 13.3. The van der Waals surface area contributed by atoms with Crippen LogP contribution in [0.4, 0.5) is 0 Å². The zero-order valence-electron chi connectivity index (χ0n) is 11.7. The molecule has 2 rings (SSSR count). The lowest BCUT2D eigenvalue weighted by molar-refractivity contribution is 0.0212. The van der Waals surface area contributed by atoms with E-state index in [1.165, 1.54) is 6.42 Å². The molecule has 1 heterocycles. The quantitative estimate of drug-likeness (QED) is 0.487. The summed E-state index contributed by atoms with van der Waals surface area (Å²) in [6, 6.07) is 0. The molecule has 1 saturated carbocycles. The summed E-state index contributed by atoms with van der Waals surface area (Å²) >= 11 is 3.83. The highest BCUT2D eigenvalue weighted by Crippen LogP contribution is 2.57. The molecule has 0 bridgehead atoms. The smallest absolute Gasteiger partial charge is 0.0950 e. The Kier molecular flexibility index (Phi) is 3.72. The van der Waals surface area contributed by atoms with Crippen LogP contribution in [0, 0.1) is 11.3 Å². The van der Waals surface area contributed by atoms with E-state index in [4.69, 9.17) is 4.74 Å². The van der Waals surface area contributed by atoms with Gasteiger partial charge in [0.05, 0.1) is 17.8 Å². The predicted molar refractivity (Wildman–Crippen MR) is 78.0 cm³/mol. The van der Waals surface area contributed by atoms with Gasteiger partial charge in [-0.05, 0) is 43.9 Å². The van der Waals surface area contributed by atoms with Gasteiger partial charge >= 0.3 is 0 Å². The third-order valence-electron chi connectivity index (χ3n) is 5.06. The molecular weight excluding hydrogens is 292 g/mol. The van der Waals surface area contributed by atoms with Gasteiger partial charge < -0.3 is 9.84 Å². The molecule has 104 valence electrons. The van der Waals surface area contributed by atoms with E-state index in [0.717, 1.165) is 25.9 Å². The summed E-state index contributed by atoms with van der Waals surface area (Å²) in [5.74, 6) is 0.509. The Morgan fingerprint density at radius 2 is 2.17 bits per heavy atom. The van der Waals surface area contributed by atoms with Gasteiger partial charge in [0.2, 0.25) is 0 Å². The Morgan fingerprint density at radius 1 is 1.56 bits per heavy atom. The molecule has 4 unspecified atom stereocenters. The molecule has 1 N–H and O–H groups in total. The zero-order chi connectivity index (χ0) is 13.6. The number of ether oxygens (including phenoxy) is 1. The van der Waals surface area contributed by atoms with E-state index < -0.39 is 5.60 Å². The van der Waals surface area contributed by atoms with Crippen LogP contribution in [0.1, 0.15) is 46.5 Å². The van der Waals surface area contributed by atoms with Crippen LogP contribution < -0.4 is 0 Å². The van der Waals surface area contributed by atoms with Crippen LogP contribution in [0.2, 0.25) is 0 Å². The van der Waals surface area contributed by atoms with Crippen molar-refractivity contribution in [2.75, 3.05) is 6.61 Å². The van der Waals surface area contributed by atoms with Crippen molar-refractivity contribution in [1.29, 1.82) is 0 Å². The SMILES string of the molecule is C=CC(C)(O)CCC1C2(CCC(Br)C1(C)C)CO2. The number of alkyl halides is 1. The van der Waals surface area contributed by atoms with Gasteiger partial charge in [0.25, 0.3) is 0 Å². The molecule has 0 radical (unpaired) electrons. The fraction of sp³-hybridized carbons (Fsp3) is 0.867. The van der Waals surface area contributed by atoms with Gasteiger partial charge in [-0.15, -0.1) is 6.58 Å². The largest absolute Gasteiger partial charge is 0.386 e. The first-order chi connectivity index (χ1) is 8.23. The lowest BCUT2D eigenvalue weighted by Crippen LogP contribution is -2.47. The summed E-state index contributed by atoms with van der Waals surface area (Å²) in [6.07, 6.45) is 5.73. The lowest BCUT2D eigenvalue weighted by atomic mass is 9.61. The van der Waals surface area contributed by atoms with E-state index in [1.807, 2.05) is 6.92 Å². The Labute approximate surface area is 119 Å². The molecule has 0 aromatic rings. The van der Waals surface area contributed by atoms with Crippen molar-refractivity contribution < 1.29 is 9.84 Å². The molecule has 1 saturated heterocycles. The molecular formula is C15H25BrO2. The molecule has 1 aliphatic carbocycles. The summed E-state index contributed by atoms with van der Waals surface area (Å²) < 4.78 is 5.80. The summed E-state index contributed by atoms with van der Waals surface area (Å²) in [5.41, 5.74) is -0.442. The minimum atomic E-state index is -0.759. The van der Waals surface area contributed by atoms with E-state index in [9.17, 15) is 5.11 Å². The third kappa shape index (κ3) is 2.54. The Bertz CT molecular complexity index is 331. The highest BCUT2D eigenvalue weighted by molar-refractivity contribution is 9.09. The standard InChI is InChI=1S/C15H25BrO2/c1-5-14(4,17)8-6-11-13(2,3)12(16)7-9-15(11)10-18-15/h5,11-12,17H,1,6-10H2,2-4H3. The molecule has 3 heteroatoms. The second-order valence-corrected chi connectivity index (χ2v) is 7.94. The van der Waals surface area contributed by atoms with Crippen molar-refractivity contribution >= 4 is 15.9 Å². The van der Waals surface area contributed by atoms with Gasteiger partial charge in [-0.25, -0.2) is 0 Å². The Balaban J connectivity index is 2.09. The molecule has 4 atom stereocenters. The predicted octanol–water partition coefficient (Wildman–Crippen LogP) is 3.67. The van der Waals surface area contributed by atoms with E-state index in [2.05, 4.69) is 36.4 Å². The van der Waals surface area contributed by atoms with Gasteiger partial charge in [-0.1, -0.05) is 35.9 Å². The minimum absolute atomic E-state index is 0.102. The molecule has 0 amide bonds. The molecule has 1 spiro atoms. The molecule has 0 aromatic heterocycles. The average Bonchev–Trinajstić information content (AvgIpc) is 3.05. The van der Waals surface area contributed by atoms with Crippen LogP contribution in [0.3, 0.4) is 0 Å². The molecule has 2 nitrogen and oxygen atoms in total. The number of epoxide rings is 1. The lowest BCUT2D eigenvalue weighted by Gasteiger charge is -2.47. The van der Waals surface area contributed by atoms with Gasteiger partial charge in [0.15, 0.2) is 0 Å². The monoisotopic (exact) mass is 316 g/mol. The van der Waals surface area contributed by atoms with Crippen LogP contribution >= 0.6 is 15.9 Å². The van der Waals surface area contributed by atoms with Crippen molar-refractivity contribution in [3.63, 3.8) is 0 Å². The van der Waals surface area contributed by atoms with Crippen molar-refractivity contribution in [3.05, 3.63) is 12.7 Å².